The second-order valence-corrected chi connectivity index (χ2v) is 7.44. The third kappa shape index (κ3) is 4.42. The summed E-state index contributed by atoms with van der Waals surface area (Å²) in [4.78, 5) is 30.6. The Balaban J connectivity index is 1.49. The van der Waals surface area contributed by atoms with Crippen LogP contribution in [0.3, 0.4) is 0 Å². The van der Waals surface area contributed by atoms with E-state index in [-0.39, 0.29) is 23.8 Å². The second kappa shape index (κ2) is 8.18. The molecule has 0 aliphatic carbocycles. The molecule has 2 aliphatic rings. The SMILES string of the molecule is Cc1cc(CN2CCN(C(C)C(=O)N3CCCC(C(N)=O)C3)CC2)no1. The van der Waals surface area contributed by atoms with Gasteiger partial charge in [-0.3, -0.25) is 19.4 Å². The summed E-state index contributed by atoms with van der Waals surface area (Å²) >= 11 is 0. The Kier molecular flexibility index (Phi) is 5.93. The first-order valence-corrected chi connectivity index (χ1v) is 9.40. The second-order valence-electron chi connectivity index (χ2n) is 7.44. The zero-order chi connectivity index (χ0) is 18.7. The predicted molar refractivity (Wildman–Crippen MR) is 96.1 cm³/mol. The first-order chi connectivity index (χ1) is 12.4. The van der Waals surface area contributed by atoms with Crippen molar-refractivity contribution in [3.63, 3.8) is 0 Å². The Bertz CT molecular complexity index is 639. The van der Waals surface area contributed by atoms with Crippen LogP contribution in [-0.2, 0) is 16.1 Å². The van der Waals surface area contributed by atoms with E-state index in [1.54, 1.807) is 0 Å². The van der Waals surface area contributed by atoms with Crippen molar-refractivity contribution in [2.75, 3.05) is 39.3 Å². The summed E-state index contributed by atoms with van der Waals surface area (Å²) in [5, 5.41) is 4.05. The maximum Gasteiger partial charge on any atom is 0.239 e. The molecule has 0 aromatic carbocycles. The molecular weight excluding hydrogens is 334 g/mol. The van der Waals surface area contributed by atoms with Gasteiger partial charge in [-0.15, -0.1) is 0 Å². The van der Waals surface area contributed by atoms with Gasteiger partial charge in [0.15, 0.2) is 0 Å². The fraction of sp³-hybridized carbons (Fsp3) is 0.722. The van der Waals surface area contributed by atoms with Crippen LogP contribution in [0.15, 0.2) is 10.6 Å². The van der Waals surface area contributed by atoms with E-state index in [0.29, 0.717) is 6.54 Å². The summed E-state index contributed by atoms with van der Waals surface area (Å²) in [5.41, 5.74) is 6.37. The van der Waals surface area contributed by atoms with Crippen LogP contribution in [0.2, 0.25) is 0 Å². The Hall–Kier alpha value is -1.93. The van der Waals surface area contributed by atoms with Crippen molar-refractivity contribution in [1.29, 1.82) is 0 Å². The number of rotatable bonds is 5. The molecule has 8 heteroatoms. The molecule has 2 saturated heterocycles. The third-order valence-corrected chi connectivity index (χ3v) is 5.51. The normalized spacial score (nSPS) is 23.8. The quantitative estimate of drug-likeness (QED) is 0.804. The number of carbonyl (C=O) groups is 2. The molecule has 0 spiro atoms. The highest BCUT2D eigenvalue weighted by Gasteiger charge is 2.32. The van der Waals surface area contributed by atoms with E-state index < -0.39 is 0 Å². The van der Waals surface area contributed by atoms with Crippen LogP contribution in [0.1, 0.15) is 31.2 Å². The van der Waals surface area contributed by atoms with Gasteiger partial charge in [-0.1, -0.05) is 5.16 Å². The minimum atomic E-state index is -0.299. The number of hydrogen-bond acceptors (Lipinski definition) is 6. The molecule has 26 heavy (non-hydrogen) atoms. The van der Waals surface area contributed by atoms with Gasteiger partial charge in [0.1, 0.15) is 5.76 Å². The molecule has 0 bridgehead atoms. The Morgan fingerprint density at radius 3 is 2.65 bits per heavy atom. The predicted octanol–water partition coefficient (Wildman–Crippen LogP) is 0.213. The van der Waals surface area contributed by atoms with Gasteiger partial charge in [-0.25, -0.2) is 0 Å². The van der Waals surface area contributed by atoms with Crippen molar-refractivity contribution in [1.82, 2.24) is 19.9 Å². The lowest BCUT2D eigenvalue weighted by Crippen LogP contribution is -2.56. The lowest BCUT2D eigenvalue weighted by Gasteiger charge is -2.40. The largest absolute Gasteiger partial charge is 0.369 e. The fourth-order valence-corrected chi connectivity index (χ4v) is 3.86. The van der Waals surface area contributed by atoms with Crippen molar-refractivity contribution in [3.05, 3.63) is 17.5 Å². The van der Waals surface area contributed by atoms with Crippen LogP contribution in [0.5, 0.6) is 0 Å². The van der Waals surface area contributed by atoms with Crippen molar-refractivity contribution in [2.45, 2.75) is 39.3 Å². The smallest absolute Gasteiger partial charge is 0.239 e. The number of aryl methyl sites for hydroxylation is 1. The Morgan fingerprint density at radius 1 is 1.31 bits per heavy atom. The number of aromatic nitrogens is 1. The van der Waals surface area contributed by atoms with Crippen molar-refractivity contribution < 1.29 is 14.1 Å². The third-order valence-electron chi connectivity index (χ3n) is 5.51. The number of piperazine rings is 1. The van der Waals surface area contributed by atoms with Crippen LogP contribution in [-0.4, -0.2) is 77.0 Å². The lowest BCUT2D eigenvalue weighted by atomic mass is 9.97. The molecule has 8 nitrogen and oxygen atoms in total. The van der Waals surface area contributed by atoms with Crippen LogP contribution in [0, 0.1) is 12.8 Å². The number of piperidine rings is 1. The summed E-state index contributed by atoms with van der Waals surface area (Å²) in [7, 11) is 0. The summed E-state index contributed by atoms with van der Waals surface area (Å²) in [6, 6.07) is 1.79. The van der Waals surface area contributed by atoms with Crippen molar-refractivity contribution >= 4 is 11.8 Å². The molecule has 1 aromatic heterocycles. The Labute approximate surface area is 154 Å². The van der Waals surface area contributed by atoms with E-state index in [9.17, 15) is 9.59 Å². The van der Waals surface area contributed by atoms with Crippen LogP contribution in [0.4, 0.5) is 0 Å². The lowest BCUT2D eigenvalue weighted by molar-refractivity contribution is -0.140. The highest BCUT2D eigenvalue weighted by molar-refractivity contribution is 5.83. The maximum atomic E-state index is 12.8. The van der Waals surface area contributed by atoms with Gasteiger partial charge in [0.2, 0.25) is 11.8 Å². The van der Waals surface area contributed by atoms with Gasteiger partial charge in [0.05, 0.1) is 17.7 Å². The van der Waals surface area contributed by atoms with E-state index >= 15 is 0 Å². The number of hydrogen-bond donors (Lipinski definition) is 1. The maximum absolute atomic E-state index is 12.8. The molecule has 0 radical (unpaired) electrons. The molecule has 2 atom stereocenters. The van der Waals surface area contributed by atoms with Gasteiger partial charge in [-0.05, 0) is 26.7 Å². The minimum absolute atomic E-state index is 0.108. The average Bonchev–Trinajstić information content (AvgIpc) is 3.06. The van der Waals surface area contributed by atoms with Gasteiger partial charge >= 0.3 is 0 Å². The summed E-state index contributed by atoms with van der Waals surface area (Å²) in [6.07, 6.45) is 1.63. The monoisotopic (exact) mass is 363 g/mol. The van der Waals surface area contributed by atoms with Crippen LogP contribution >= 0.6 is 0 Å². The highest BCUT2D eigenvalue weighted by atomic mass is 16.5. The van der Waals surface area contributed by atoms with Crippen LogP contribution < -0.4 is 5.73 Å². The molecule has 3 rings (SSSR count). The summed E-state index contributed by atoms with van der Waals surface area (Å²) in [5.74, 6) is 0.430. The fourth-order valence-electron chi connectivity index (χ4n) is 3.86. The number of nitrogens with zero attached hydrogens (tertiary/aromatic N) is 4. The molecule has 2 amide bonds. The topological polar surface area (TPSA) is 95.9 Å². The van der Waals surface area contributed by atoms with Gasteiger partial charge in [0, 0.05) is 51.9 Å². The summed E-state index contributed by atoms with van der Waals surface area (Å²) < 4.78 is 5.12. The molecular formula is C18H29N5O3. The molecule has 0 saturated carbocycles. The zero-order valence-corrected chi connectivity index (χ0v) is 15.7. The minimum Gasteiger partial charge on any atom is -0.369 e. The van der Waals surface area contributed by atoms with Crippen LogP contribution in [0.25, 0.3) is 0 Å². The molecule has 144 valence electrons. The van der Waals surface area contributed by atoms with E-state index in [0.717, 1.165) is 63.6 Å². The van der Waals surface area contributed by atoms with Gasteiger partial charge in [0.25, 0.3) is 0 Å². The van der Waals surface area contributed by atoms with E-state index in [2.05, 4.69) is 15.0 Å². The number of likely N-dealkylation sites (tertiary alicyclic amines) is 1. The molecule has 2 unspecified atom stereocenters. The highest BCUT2D eigenvalue weighted by Crippen LogP contribution is 2.19. The average molecular weight is 363 g/mol. The summed E-state index contributed by atoms with van der Waals surface area (Å²) in [6.45, 7) is 9.30. The number of primary amides is 1. The molecule has 2 fully saturated rings. The van der Waals surface area contributed by atoms with E-state index in [4.69, 9.17) is 10.3 Å². The van der Waals surface area contributed by atoms with Crippen molar-refractivity contribution in [3.8, 4) is 0 Å². The van der Waals surface area contributed by atoms with Crippen molar-refractivity contribution in [2.24, 2.45) is 11.7 Å². The molecule has 2 N–H and O–H groups in total. The first-order valence-electron chi connectivity index (χ1n) is 9.40. The standard InChI is InChI=1S/C18H29N5O3/c1-13-10-16(20-26-13)12-21-6-8-22(9-7-21)14(2)18(25)23-5-3-4-15(11-23)17(19)24/h10,14-15H,3-9,11-12H2,1-2H3,(H2,19,24). The number of amides is 2. The number of nitrogens with two attached hydrogens (primary N) is 1. The molecule has 2 aliphatic heterocycles. The van der Waals surface area contributed by atoms with Gasteiger partial charge < -0.3 is 15.2 Å². The molecule has 1 aromatic rings. The first kappa shape index (κ1) is 18.8. The Morgan fingerprint density at radius 2 is 2.04 bits per heavy atom. The number of carbonyl (C=O) groups excluding carboxylic acids is 2. The van der Waals surface area contributed by atoms with E-state index in [1.807, 2.05) is 24.8 Å². The molecule has 3 heterocycles. The van der Waals surface area contributed by atoms with E-state index in [1.165, 1.54) is 0 Å². The zero-order valence-electron chi connectivity index (χ0n) is 15.7. The van der Waals surface area contributed by atoms with Gasteiger partial charge in [-0.2, -0.15) is 0 Å².